The first-order valence-corrected chi connectivity index (χ1v) is 6.70. The van der Waals surface area contributed by atoms with Crippen molar-refractivity contribution in [3.05, 3.63) is 23.2 Å². The lowest BCUT2D eigenvalue weighted by molar-refractivity contribution is -0.117. The Kier molecular flexibility index (Phi) is 2.56. The highest BCUT2D eigenvalue weighted by atomic mass is 35.5. The zero-order valence-electron chi connectivity index (χ0n) is 9.24. The van der Waals surface area contributed by atoms with Crippen LogP contribution in [0.25, 0.3) is 10.2 Å². The summed E-state index contributed by atoms with van der Waals surface area (Å²) < 4.78 is 0.997. The van der Waals surface area contributed by atoms with Gasteiger partial charge in [0.15, 0.2) is 5.13 Å². The summed E-state index contributed by atoms with van der Waals surface area (Å²) in [4.78, 5) is 16.1. The van der Waals surface area contributed by atoms with Crippen molar-refractivity contribution < 1.29 is 4.79 Å². The molecule has 1 aliphatic rings. The number of nitrogens with one attached hydrogen (secondary N) is 1. The average molecular weight is 267 g/mol. The van der Waals surface area contributed by atoms with E-state index in [0.717, 1.165) is 16.6 Å². The molecule has 3 rings (SSSR count). The summed E-state index contributed by atoms with van der Waals surface area (Å²) in [5.74, 6) is 0.770. The first-order valence-electron chi connectivity index (χ1n) is 5.50. The standard InChI is InChI=1S/C12H11ClN2OS/c1-6-4-8(6)11(16)15-12-14-9-3-2-7(13)5-10(9)17-12/h2-3,5-6,8H,4H2,1H3,(H,14,15,16). The number of rotatable bonds is 2. The van der Waals surface area contributed by atoms with Gasteiger partial charge in [-0.3, -0.25) is 4.79 Å². The number of carbonyl (C=O) groups is 1. The normalized spacial score (nSPS) is 22.7. The van der Waals surface area contributed by atoms with Crippen LogP contribution in [0.3, 0.4) is 0 Å². The van der Waals surface area contributed by atoms with E-state index in [-0.39, 0.29) is 11.8 Å². The molecule has 3 nitrogen and oxygen atoms in total. The Labute approximate surface area is 108 Å². The number of carbonyl (C=O) groups excluding carboxylic acids is 1. The van der Waals surface area contributed by atoms with E-state index in [0.29, 0.717) is 16.1 Å². The van der Waals surface area contributed by atoms with Crippen molar-refractivity contribution in [3.63, 3.8) is 0 Å². The molecule has 17 heavy (non-hydrogen) atoms. The Morgan fingerprint density at radius 2 is 2.35 bits per heavy atom. The topological polar surface area (TPSA) is 42.0 Å². The molecule has 0 radical (unpaired) electrons. The third kappa shape index (κ3) is 2.15. The van der Waals surface area contributed by atoms with Gasteiger partial charge in [0, 0.05) is 10.9 Å². The highest BCUT2D eigenvalue weighted by Crippen LogP contribution is 2.39. The van der Waals surface area contributed by atoms with Crippen LogP contribution in [0.2, 0.25) is 5.02 Å². The molecule has 1 fully saturated rings. The number of aromatic nitrogens is 1. The number of hydrogen-bond acceptors (Lipinski definition) is 3. The van der Waals surface area contributed by atoms with Crippen molar-refractivity contribution in [1.29, 1.82) is 0 Å². The van der Waals surface area contributed by atoms with Gasteiger partial charge < -0.3 is 5.32 Å². The van der Waals surface area contributed by atoms with Crippen LogP contribution in [-0.2, 0) is 4.79 Å². The summed E-state index contributed by atoms with van der Waals surface area (Å²) in [6.45, 7) is 2.09. The predicted octanol–water partition coefficient (Wildman–Crippen LogP) is 3.54. The zero-order valence-corrected chi connectivity index (χ0v) is 10.8. The number of halogens is 1. The van der Waals surface area contributed by atoms with Crippen LogP contribution in [0.15, 0.2) is 18.2 Å². The minimum atomic E-state index is 0.0858. The van der Waals surface area contributed by atoms with E-state index in [2.05, 4.69) is 17.2 Å². The SMILES string of the molecule is CC1CC1C(=O)Nc1nc2ccc(Cl)cc2s1. The minimum absolute atomic E-state index is 0.0858. The van der Waals surface area contributed by atoms with Gasteiger partial charge in [-0.1, -0.05) is 29.9 Å². The monoisotopic (exact) mass is 266 g/mol. The second-order valence-electron chi connectivity index (χ2n) is 4.44. The van der Waals surface area contributed by atoms with E-state index in [4.69, 9.17) is 11.6 Å². The summed E-state index contributed by atoms with van der Waals surface area (Å²) in [5.41, 5.74) is 0.874. The Bertz CT molecular complexity index is 595. The summed E-state index contributed by atoms with van der Waals surface area (Å²) >= 11 is 7.36. The lowest BCUT2D eigenvalue weighted by Crippen LogP contribution is -2.14. The first kappa shape index (κ1) is 11.0. The third-order valence-electron chi connectivity index (χ3n) is 3.03. The molecule has 1 N–H and O–H groups in total. The van der Waals surface area contributed by atoms with E-state index in [1.54, 1.807) is 6.07 Å². The van der Waals surface area contributed by atoms with E-state index in [1.165, 1.54) is 11.3 Å². The molecule has 1 aromatic carbocycles. The second kappa shape index (κ2) is 3.96. The van der Waals surface area contributed by atoms with Gasteiger partial charge in [0.25, 0.3) is 0 Å². The van der Waals surface area contributed by atoms with Crippen molar-refractivity contribution in [2.45, 2.75) is 13.3 Å². The number of thiazole rings is 1. The molecule has 0 saturated heterocycles. The van der Waals surface area contributed by atoms with Crippen LogP contribution in [-0.4, -0.2) is 10.9 Å². The van der Waals surface area contributed by atoms with Crippen molar-refractivity contribution in [2.75, 3.05) is 5.32 Å². The van der Waals surface area contributed by atoms with E-state index < -0.39 is 0 Å². The number of fused-ring (bicyclic) bond motifs is 1. The van der Waals surface area contributed by atoms with E-state index in [9.17, 15) is 4.79 Å². The van der Waals surface area contributed by atoms with Crippen LogP contribution in [0, 0.1) is 11.8 Å². The average Bonchev–Trinajstić information content (AvgIpc) is 2.87. The number of anilines is 1. The van der Waals surface area contributed by atoms with Gasteiger partial charge in [-0.05, 0) is 30.5 Å². The number of amides is 1. The molecular formula is C12H11ClN2OS. The highest BCUT2D eigenvalue weighted by Gasteiger charge is 2.39. The van der Waals surface area contributed by atoms with Crippen LogP contribution in [0.1, 0.15) is 13.3 Å². The minimum Gasteiger partial charge on any atom is -0.302 e. The Morgan fingerprint density at radius 1 is 1.59 bits per heavy atom. The largest absolute Gasteiger partial charge is 0.302 e. The van der Waals surface area contributed by atoms with Gasteiger partial charge in [-0.25, -0.2) is 4.98 Å². The number of nitrogens with zero attached hydrogens (tertiary/aromatic N) is 1. The Hall–Kier alpha value is -1.13. The Balaban J connectivity index is 1.83. The quantitative estimate of drug-likeness (QED) is 0.903. The molecule has 88 valence electrons. The summed E-state index contributed by atoms with van der Waals surface area (Å²) in [5, 5.41) is 4.22. The molecule has 0 aliphatic heterocycles. The van der Waals surface area contributed by atoms with Gasteiger partial charge >= 0.3 is 0 Å². The molecule has 1 amide bonds. The van der Waals surface area contributed by atoms with Crippen LogP contribution in [0.4, 0.5) is 5.13 Å². The van der Waals surface area contributed by atoms with Gasteiger partial charge in [0.1, 0.15) is 0 Å². The van der Waals surface area contributed by atoms with Crippen molar-refractivity contribution >= 4 is 44.2 Å². The summed E-state index contributed by atoms with van der Waals surface area (Å²) in [6.07, 6.45) is 0.989. The maximum absolute atomic E-state index is 11.8. The molecule has 1 aliphatic carbocycles. The van der Waals surface area contributed by atoms with Crippen LogP contribution in [0.5, 0.6) is 0 Å². The molecule has 2 aromatic rings. The Morgan fingerprint density at radius 3 is 3.06 bits per heavy atom. The smallest absolute Gasteiger partial charge is 0.229 e. The molecule has 2 unspecified atom stereocenters. The second-order valence-corrected chi connectivity index (χ2v) is 5.91. The molecule has 0 spiro atoms. The van der Waals surface area contributed by atoms with Gasteiger partial charge in [0.2, 0.25) is 5.91 Å². The highest BCUT2D eigenvalue weighted by molar-refractivity contribution is 7.22. The molecule has 1 heterocycles. The summed E-state index contributed by atoms with van der Waals surface area (Å²) in [6, 6.07) is 5.53. The fraction of sp³-hybridized carbons (Fsp3) is 0.333. The fourth-order valence-electron chi connectivity index (χ4n) is 1.84. The van der Waals surface area contributed by atoms with Crippen molar-refractivity contribution in [3.8, 4) is 0 Å². The maximum atomic E-state index is 11.8. The zero-order chi connectivity index (χ0) is 12.0. The maximum Gasteiger partial charge on any atom is 0.229 e. The predicted molar refractivity (Wildman–Crippen MR) is 70.5 cm³/mol. The van der Waals surface area contributed by atoms with Gasteiger partial charge in [-0.2, -0.15) is 0 Å². The van der Waals surface area contributed by atoms with E-state index in [1.807, 2.05) is 12.1 Å². The lowest BCUT2D eigenvalue weighted by Gasteiger charge is -1.97. The van der Waals surface area contributed by atoms with Crippen molar-refractivity contribution in [1.82, 2.24) is 4.98 Å². The fourth-order valence-corrected chi connectivity index (χ4v) is 2.98. The molecule has 0 bridgehead atoms. The molecule has 5 heteroatoms. The first-order chi connectivity index (χ1) is 8.13. The number of hydrogen-bond donors (Lipinski definition) is 1. The molecule has 1 saturated carbocycles. The lowest BCUT2D eigenvalue weighted by atomic mass is 10.3. The van der Waals surface area contributed by atoms with Gasteiger partial charge in [0.05, 0.1) is 10.2 Å². The van der Waals surface area contributed by atoms with Crippen LogP contribution >= 0.6 is 22.9 Å². The molecule has 2 atom stereocenters. The van der Waals surface area contributed by atoms with Gasteiger partial charge in [-0.15, -0.1) is 0 Å². The van der Waals surface area contributed by atoms with Crippen molar-refractivity contribution in [2.24, 2.45) is 11.8 Å². The van der Waals surface area contributed by atoms with Crippen LogP contribution < -0.4 is 5.32 Å². The molecular weight excluding hydrogens is 256 g/mol. The number of benzene rings is 1. The van der Waals surface area contributed by atoms with E-state index >= 15 is 0 Å². The third-order valence-corrected chi connectivity index (χ3v) is 4.20. The molecule has 1 aromatic heterocycles. The summed E-state index contributed by atoms with van der Waals surface area (Å²) in [7, 11) is 0.